The molecule has 2 saturated carbocycles. The van der Waals surface area contributed by atoms with Gasteiger partial charge in [-0.15, -0.1) is 0 Å². The molecule has 4 aromatic carbocycles. The summed E-state index contributed by atoms with van der Waals surface area (Å²) in [5, 5.41) is 30.9. The van der Waals surface area contributed by atoms with Gasteiger partial charge in [0.1, 0.15) is 23.7 Å². The molecule has 7 atom stereocenters. The molecule has 5 aliphatic rings. The van der Waals surface area contributed by atoms with Crippen LogP contribution in [0.3, 0.4) is 0 Å². The number of hydrogen-bond donors (Lipinski definition) is 3. The van der Waals surface area contributed by atoms with E-state index < -0.39 is 54.7 Å². The number of aryl methyl sites for hydroxylation is 1. The number of hydrogen-bond acceptors (Lipinski definition) is 11. The van der Waals surface area contributed by atoms with Gasteiger partial charge in [-0.3, -0.25) is 4.79 Å². The summed E-state index contributed by atoms with van der Waals surface area (Å²) in [6, 6.07) is 31.5. The van der Waals surface area contributed by atoms with E-state index in [0.29, 0.717) is 29.6 Å². The zero-order chi connectivity index (χ0) is 48.9. The highest BCUT2D eigenvalue weighted by Crippen LogP contribution is 2.53. The fourth-order valence-corrected chi connectivity index (χ4v) is 12.4. The van der Waals surface area contributed by atoms with E-state index in [1.165, 1.54) is 22.3 Å². The van der Waals surface area contributed by atoms with Gasteiger partial charge in [0.2, 0.25) is 0 Å². The number of rotatable bonds is 11. The van der Waals surface area contributed by atoms with Crippen LogP contribution in [0.15, 0.2) is 111 Å². The summed E-state index contributed by atoms with van der Waals surface area (Å²) in [5.41, 5.74) is 6.11. The van der Waals surface area contributed by atoms with Gasteiger partial charge < -0.3 is 38.7 Å². The van der Waals surface area contributed by atoms with E-state index in [4.69, 9.17) is 23.4 Å². The number of benzene rings is 4. The molecule has 2 bridgehead atoms. The van der Waals surface area contributed by atoms with Gasteiger partial charge in [0.15, 0.2) is 12.2 Å². The minimum absolute atomic E-state index is 0.0491. The van der Waals surface area contributed by atoms with Crippen LogP contribution in [0.5, 0.6) is 5.75 Å². The fourth-order valence-electron chi connectivity index (χ4n) is 12.4. The summed E-state index contributed by atoms with van der Waals surface area (Å²) >= 11 is 0. The minimum atomic E-state index is -1.26. The van der Waals surface area contributed by atoms with Crippen LogP contribution >= 0.6 is 0 Å². The van der Waals surface area contributed by atoms with Crippen molar-refractivity contribution >= 4 is 22.9 Å². The number of ether oxygens (including phenoxy) is 4. The van der Waals surface area contributed by atoms with E-state index in [1.807, 2.05) is 26.8 Å². The molecule has 0 saturated heterocycles. The van der Waals surface area contributed by atoms with Gasteiger partial charge in [0.05, 0.1) is 18.8 Å². The van der Waals surface area contributed by atoms with E-state index in [-0.39, 0.29) is 72.0 Å². The minimum Gasteiger partial charge on any atom is -0.483 e. The smallest absolute Gasteiger partial charge is 0.340 e. The predicted octanol–water partition coefficient (Wildman–Crippen LogP) is 10.6. The highest BCUT2D eigenvalue weighted by atomic mass is 16.6. The SMILES string of the molecule is CC(C)=C1CCc2ccc(cc2)[C@@H]2CC[C@@H](c3cccc(Cc4ccccc4)c3)C[C@H]2CC(=O)O[C@@H]2c3c(ccc4c(CO)c([C@H](CCO)COCO)c(=O)oc34)O[C@@](C)(C3CCCCC3)[C@H]2OC1=O. The Labute approximate surface area is 410 Å². The van der Waals surface area contributed by atoms with Crippen LogP contribution in [0, 0.1) is 11.8 Å². The Bertz CT molecular complexity index is 2730. The van der Waals surface area contributed by atoms with E-state index in [0.717, 1.165) is 68.9 Å². The lowest BCUT2D eigenvalue weighted by Crippen LogP contribution is -2.58. The first kappa shape index (κ1) is 49.4. The highest BCUT2D eigenvalue weighted by molar-refractivity contribution is 5.90. The Hall–Kier alpha value is -5.59. The molecule has 5 aromatic rings. The summed E-state index contributed by atoms with van der Waals surface area (Å²) < 4.78 is 32.4. The van der Waals surface area contributed by atoms with Crippen molar-refractivity contribution in [3.8, 4) is 5.75 Å². The Kier molecular flexibility index (Phi) is 15.4. The Morgan fingerprint density at radius 2 is 1.59 bits per heavy atom. The number of aliphatic hydroxyl groups is 3. The van der Waals surface area contributed by atoms with Crippen molar-refractivity contribution in [2.45, 2.75) is 146 Å². The molecule has 370 valence electrons. The molecule has 10 rings (SSSR count). The van der Waals surface area contributed by atoms with Gasteiger partial charge in [-0.05, 0) is 142 Å². The summed E-state index contributed by atoms with van der Waals surface area (Å²) in [6.45, 7) is 4.22. The standard InChI is InChI=1S/C59H68O11/c1-36(2)46-23-19-37-17-20-40(21-18-37)47-24-22-42(41-14-10-13-39(30-41)29-38-11-6-4-7-12-38)31-44(47)32-51(63)67-55-53-50(70-59(3,56(55)69-57(46)64)45-15-8-5-9-16-45)26-25-48-49(33-61)52(58(65)68-54(48)53)43(27-28-60)34-66-35-62/h4,6-7,10-14,17-18,20-21,25-26,30,42-45,47,55-56,60-62H,5,8-9,15-16,19,22-24,27-29,31-35H2,1-3H3/t42-,43-,44+,47+,55-,56+,59+/m1/s1. The fraction of sp³-hybridized carbons (Fsp3) is 0.475. The van der Waals surface area contributed by atoms with Crippen molar-refractivity contribution in [2.24, 2.45) is 11.8 Å². The number of aliphatic hydroxyl groups excluding tert-OH is 3. The van der Waals surface area contributed by atoms with Crippen molar-refractivity contribution in [3.63, 3.8) is 0 Å². The predicted molar refractivity (Wildman–Crippen MR) is 266 cm³/mol. The zero-order valence-electron chi connectivity index (χ0n) is 40.8. The Morgan fingerprint density at radius 1 is 0.814 bits per heavy atom. The van der Waals surface area contributed by atoms with Crippen LogP contribution in [-0.2, 0) is 43.2 Å². The van der Waals surface area contributed by atoms with Crippen molar-refractivity contribution in [3.05, 3.63) is 157 Å². The van der Waals surface area contributed by atoms with Crippen molar-refractivity contribution in [1.82, 2.24) is 0 Å². The molecular weight excluding hydrogens is 885 g/mol. The van der Waals surface area contributed by atoms with Crippen molar-refractivity contribution < 1.29 is 48.3 Å². The number of carbonyl (C=O) groups is 2. The monoisotopic (exact) mass is 952 g/mol. The van der Waals surface area contributed by atoms with Crippen LogP contribution in [0.4, 0.5) is 0 Å². The molecule has 4 heterocycles. The Morgan fingerprint density at radius 3 is 2.31 bits per heavy atom. The molecular formula is C59H68O11. The normalized spacial score (nSPS) is 24.7. The topological polar surface area (TPSA) is 162 Å². The largest absolute Gasteiger partial charge is 0.483 e. The lowest BCUT2D eigenvalue weighted by atomic mass is 9.68. The maximum absolute atomic E-state index is 15.2. The average molecular weight is 953 g/mol. The molecule has 1 aromatic heterocycles. The van der Waals surface area contributed by atoms with Gasteiger partial charge in [-0.1, -0.05) is 104 Å². The third kappa shape index (κ3) is 10.3. The van der Waals surface area contributed by atoms with Crippen LogP contribution in [0.25, 0.3) is 11.0 Å². The molecule has 11 nitrogen and oxygen atoms in total. The second kappa shape index (κ2) is 21.8. The Balaban J connectivity index is 1.17. The highest BCUT2D eigenvalue weighted by Gasteiger charge is 2.57. The summed E-state index contributed by atoms with van der Waals surface area (Å²) in [4.78, 5) is 44.4. The molecule has 3 N–H and O–H groups in total. The molecule has 0 amide bonds. The van der Waals surface area contributed by atoms with E-state index in [9.17, 15) is 24.9 Å². The lowest BCUT2D eigenvalue weighted by Gasteiger charge is -2.50. The second-order valence-electron chi connectivity index (χ2n) is 20.6. The molecule has 11 heteroatoms. The van der Waals surface area contributed by atoms with Gasteiger partial charge in [0.25, 0.3) is 0 Å². The van der Waals surface area contributed by atoms with Gasteiger partial charge in [-0.2, -0.15) is 0 Å². The summed E-state index contributed by atoms with van der Waals surface area (Å²) in [7, 11) is 0. The van der Waals surface area contributed by atoms with Gasteiger partial charge in [0, 0.05) is 41.4 Å². The first-order valence-corrected chi connectivity index (χ1v) is 25.5. The molecule has 70 heavy (non-hydrogen) atoms. The number of allylic oxidation sites excluding steroid dienone is 1. The lowest BCUT2D eigenvalue weighted by molar-refractivity contribution is -0.201. The van der Waals surface area contributed by atoms with Crippen LogP contribution in [-0.4, -0.2) is 59.0 Å². The maximum Gasteiger partial charge on any atom is 0.340 e. The van der Waals surface area contributed by atoms with Crippen LogP contribution in [0.1, 0.15) is 160 Å². The summed E-state index contributed by atoms with van der Waals surface area (Å²) in [6.07, 6.45) is 6.88. The van der Waals surface area contributed by atoms with Crippen molar-refractivity contribution in [1.29, 1.82) is 0 Å². The molecule has 0 radical (unpaired) electrons. The molecule has 2 aliphatic carbocycles. The second-order valence-corrected chi connectivity index (χ2v) is 20.6. The first-order chi connectivity index (χ1) is 34.0. The molecule has 0 unspecified atom stereocenters. The van der Waals surface area contributed by atoms with Gasteiger partial charge in [-0.25, -0.2) is 9.59 Å². The zero-order valence-corrected chi connectivity index (χ0v) is 40.8. The first-order valence-electron chi connectivity index (χ1n) is 25.5. The molecule has 3 aliphatic heterocycles. The van der Waals surface area contributed by atoms with E-state index in [2.05, 4.69) is 72.8 Å². The molecule has 2 fully saturated rings. The van der Waals surface area contributed by atoms with Gasteiger partial charge >= 0.3 is 17.6 Å². The van der Waals surface area contributed by atoms with Crippen molar-refractivity contribution in [2.75, 3.05) is 20.0 Å². The summed E-state index contributed by atoms with van der Waals surface area (Å²) in [5.74, 6) is -1.24. The quantitative estimate of drug-likeness (QED) is 0.0500. The van der Waals surface area contributed by atoms with E-state index >= 15 is 4.79 Å². The number of fused-ring (bicyclic) bond motifs is 11. The average Bonchev–Trinajstić information content (AvgIpc) is 3.36. The van der Waals surface area contributed by atoms with Crippen LogP contribution < -0.4 is 10.4 Å². The third-order valence-electron chi connectivity index (χ3n) is 16.0. The van der Waals surface area contributed by atoms with Crippen LogP contribution in [0.2, 0.25) is 0 Å². The maximum atomic E-state index is 15.2. The van der Waals surface area contributed by atoms with E-state index in [1.54, 1.807) is 12.1 Å². The number of carbonyl (C=O) groups excluding carboxylic acids is 2. The number of esters is 2. The molecule has 0 spiro atoms. The third-order valence-corrected chi connectivity index (χ3v) is 16.0.